The highest BCUT2D eigenvalue weighted by atomic mass is 16.4. The van der Waals surface area contributed by atoms with Crippen LogP contribution < -0.4 is 0 Å². The first-order valence-electron chi connectivity index (χ1n) is 5.49. The van der Waals surface area contributed by atoms with E-state index in [0.29, 0.717) is 18.1 Å². The maximum absolute atomic E-state index is 10.4. The number of H-pyrrole nitrogens is 1. The number of rotatable bonds is 4. The van der Waals surface area contributed by atoms with Crippen molar-refractivity contribution in [1.29, 1.82) is 0 Å². The molecule has 1 aromatic carbocycles. The van der Waals surface area contributed by atoms with E-state index < -0.39 is 5.97 Å². The molecule has 0 fully saturated rings. The van der Waals surface area contributed by atoms with Crippen molar-refractivity contribution < 1.29 is 15.0 Å². The summed E-state index contributed by atoms with van der Waals surface area (Å²) < 4.78 is 0. The Bertz CT molecular complexity index is 578. The van der Waals surface area contributed by atoms with Crippen molar-refractivity contribution in [3.05, 3.63) is 29.6 Å². The third kappa shape index (κ3) is 2.65. The Morgan fingerprint density at radius 1 is 1.44 bits per heavy atom. The van der Waals surface area contributed by atoms with Crippen LogP contribution in [0.2, 0.25) is 0 Å². The summed E-state index contributed by atoms with van der Waals surface area (Å²) in [7, 11) is 0. The van der Waals surface area contributed by atoms with Gasteiger partial charge in [0, 0.05) is 12.0 Å². The minimum atomic E-state index is -0.867. The fraction of sp³-hybridized carbons (Fsp3) is 0.250. The van der Waals surface area contributed by atoms with Crippen molar-refractivity contribution in [2.75, 3.05) is 0 Å². The molecule has 2 aromatic rings. The lowest BCUT2D eigenvalue weighted by molar-refractivity contribution is -0.137. The third-order valence-electron chi connectivity index (χ3n) is 2.56. The highest BCUT2D eigenvalue weighted by Gasteiger charge is 2.08. The molecule has 0 saturated carbocycles. The van der Waals surface area contributed by atoms with E-state index in [2.05, 4.69) is 15.2 Å². The molecule has 0 saturated heterocycles. The number of nitrogens with zero attached hydrogens (tertiary/aromatic N) is 2. The number of hydrogen-bond acceptors (Lipinski definition) is 4. The average molecular weight is 247 g/mol. The molecule has 0 amide bonds. The summed E-state index contributed by atoms with van der Waals surface area (Å²) >= 11 is 0. The van der Waals surface area contributed by atoms with Gasteiger partial charge in [-0.15, -0.1) is 0 Å². The van der Waals surface area contributed by atoms with E-state index >= 15 is 0 Å². The SMILES string of the molecule is Cc1cc(-c2n[nH]c(CCC(=O)O)n2)ccc1O. The minimum Gasteiger partial charge on any atom is -0.508 e. The predicted octanol–water partition coefficient (Wildman–Crippen LogP) is 1.50. The summed E-state index contributed by atoms with van der Waals surface area (Å²) in [4.78, 5) is 14.7. The maximum Gasteiger partial charge on any atom is 0.303 e. The molecule has 3 N–H and O–H groups in total. The number of nitrogens with one attached hydrogen (secondary N) is 1. The Balaban J connectivity index is 2.18. The van der Waals surface area contributed by atoms with Crippen molar-refractivity contribution in [1.82, 2.24) is 15.2 Å². The molecule has 0 atom stereocenters. The first-order chi connectivity index (χ1) is 8.56. The summed E-state index contributed by atoms with van der Waals surface area (Å²) in [5.41, 5.74) is 1.52. The molecule has 94 valence electrons. The molecule has 1 heterocycles. The van der Waals surface area contributed by atoms with Crippen LogP contribution in [0.15, 0.2) is 18.2 Å². The Kier molecular flexibility index (Phi) is 3.27. The molecular formula is C12H13N3O3. The fourth-order valence-electron chi connectivity index (χ4n) is 1.56. The van der Waals surface area contributed by atoms with Gasteiger partial charge in [-0.05, 0) is 30.7 Å². The lowest BCUT2D eigenvalue weighted by Crippen LogP contribution is -1.98. The van der Waals surface area contributed by atoms with Crippen molar-refractivity contribution in [3.63, 3.8) is 0 Å². The van der Waals surface area contributed by atoms with Gasteiger partial charge in [-0.3, -0.25) is 9.89 Å². The van der Waals surface area contributed by atoms with E-state index in [-0.39, 0.29) is 12.2 Å². The van der Waals surface area contributed by atoms with Crippen LogP contribution in [0.1, 0.15) is 17.8 Å². The minimum absolute atomic E-state index is 0.0171. The van der Waals surface area contributed by atoms with E-state index in [1.165, 1.54) is 0 Å². The molecule has 0 radical (unpaired) electrons. The Morgan fingerprint density at radius 2 is 2.22 bits per heavy atom. The summed E-state index contributed by atoms with van der Waals surface area (Å²) in [6.45, 7) is 1.79. The lowest BCUT2D eigenvalue weighted by Gasteiger charge is -2.00. The van der Waals surface area contributed by atoms with Crippen LogP contribution >= 0.6 is 0 Å². The van der Waals surface area contributed by atoms with Gasteiger partial charge in [0.15, 0.2) is 5.82 Å². The van der Waals surface area contributed by atoms with Crippen LogP contribution in [0.4, 0.5) is 0 Å². The summed E-state index contributed by atoms with van der Waals surface area (Å²) in [5, 5.41) is 24.7. The topological polar surface area (TPSA) is 99.1 Å². The van der Waals surface area contributed by atoms with E-state index in [9.17, 15) is 9.90 Å². The largest absolute Gasteiger partial charge is 0.508 e. The molecule has 6 heteroatoms. The zero-order valence-corrected chi connectivity index (χ0v) is 9.84. The molecule has 1 aromatic heterocycles. The number of aryl methyl sites for hydroxylation is 2. The first kappa shape index (κ1) is 12.1. The predicted molar refractivity (Wildman–Crippen MR) is 64.2 cm³/mol. The highest BCUT2D eigenvalue weighted by molar-refractivity contribution is 5.67. The van der Waals surface area contributed by atoms with Crippen LogP contribution in [0, 0.1) is 6.92 Å². The monoisotopic (exact) mass is 247 g/mol. The maximum atomic E-state index is 10.4. The Hall–Kier alpha value is -2.37. The Labute approximate surface area is 103 Å². The molecule has 0 spiro atoms. The van der Waals surface area contributed by atoms with Crippen molar-refractivity contribution in [3.8, 4) is 17.1 Å². The number of benzene rings is 1. The molecule has 0 aliphatic heterocycles. The number of aromatic nitrogens is 3. The zero-order chi connectivity index (χ0) is 13.1. The Morgan fingerprint density at radius 3 is 2.89 bits per heavy atom. The van der Waals surface area contributed by atoms with E-state index in [0.717, 1.165) is 11.1 Å². The van der Waals surface area contributed by atoms with E-state index in [1.807, 2.05) is 0 Å². The van der Waals surface area contributed by atoms with Crippen molar-refractivity contribution >= 4 is 5.97 Å². The van der Waals surface area contributed by atoms with Crippen LogP contribution in [0.25, 0.3) is 11.4 Å². The average Bonchev–Trinajstić information content (AvgIpc) is 2.79. The standard InChI is InChI=1S/C12H13N3O3/c1-7-6-8(2-3-9(7)16)12-13-10(14-15-12)4-5-11(17)18/h2-3,6,16H,4-5H2,1H3,(H,17,18)(H,13,14,15). The van der Waals surface area contributed by atoms with Gasteiger partial charge >= 0.3 is 5.97 Å². The number of aromatic hydroxyl groups is 1. The molecule has 0 aliphatic rings. The second-order valence-electron chi connectivity index (χ2n) is 4.00. The summed E-state index contributed by atoms with van der Waals surface area (Å²) in [6.07, 6.45) is 0.336. The second-order valence-corrected chi connectivity index (χ2v) is 4.00. The summed E-state index contributed by atoms with van der Waals surface area (Å²) in [5.74, 6) is 0.394. The van der Waals surface area contributed by atoms with Crippen LogP contribution in [0.3, 0.4) is 0 Å². The van der Waals surface area contributed by atoms with E-state index in [4.69, 9.17) is 5.11 Å². The molecule has 0 bridgehead atoms. The van der Waals surface area contributed by atoms with Crippen LogP contribution in [0.5, 0.6) is 5.75 Å². The van der Waals surface area contributed by atoms with E-state index in [1.54, 1.807) is 25.1 Å². The van der Waals surface area contributed by atoms with Crippen molar-refractivity contribution in [2.24, 2.45) is 0 Å². The molecule has 2 rings (SSSR count). The smallest absolute Gasteiger partial charge is 0.303 e. The van der Waals surface area contributed by atoms with Crippen LogP contribution in [-0.4, -0.2) is 31.4 Å². The van der Waals surface area contributed by atoms with Gasteiger partial charge in [-0.2, -0.15) is 5.10 Å². The zero-order valence-electron chi connectivity index (χ0n) is 9.84. The fourth-order valence-corrected chi connectivity index (χ4v) is 1.56. The number of phenolic OH excluding ortho intramolecular Hbond substituents is 1. The number of carboxylic acids is 1. The number of carboxylic acid groups (broad SMARTS) is 1. The number of phenols is 1. The number of aliphatic carboxylic acids is 1. The number of aromatic amines is 1. The highest BCUT2D eigenvalue weighted by Crippen LogP contribution is 2.22. The number of hydrogen-bond donors (Lipinski definition) is 3. The van der Waals surface area contributed by atoms with Gasteiger partial charge < -0.3 is 10.2 Å². The van der Waals surface area contributed by atoms with Gasteiger partial charge in [0.25, 0.3) is 0 Å². The quantitative estimate of drug-likeness (QED) is 0.760. The molecule has 0 unspecified atom stereocenters. The van der Waals surface area contributed by atoms with Gasteiger partial charge in [-0.25, -0.2) is 4.98 Å². The molecule has 0 aliphatic carbocycles. The van der Waals surface area contributed by atoms with Gasteiger partial charge in [0.05, 0.1) is 6.42 Å². The molecular weight excluding hydrogens is 234 g/mol. The molecule has 6 nitrogen and oxygen atoms in total. The van der Waals surface area contributed by atoms with Gasteiger partial charge in [0.1, 0.15) is 11.6 Å². The number of carbonyl (C=O) groups is 1. The van der Waals surface area contributed by atoms with Crippen molar-refractivity contribution in [2.45, 2.75) is 19.8 Å². The third-order valence-corrected chi connectivity index (χ3v) is 2.56. The summed E-state index contributed by atoms with van der Waals surface area (Å²) in [6, 6.07) is 5.07. The van der Waals surface area contributed by atoms with Crippen LogP contribution in [-0.2, 0) is 11.2 Å². The first-order valence-corrected chi connectivity index (χ1v) is 5.49. The van der Waals surface area contributed by atoms with Gasteiger partial charge in [-0.1, -0.05) is 0 Å². The lowest BCUT2D eigenvalue weighted by atomic mass is 10.1. The second kappa shape index (κ2) is 4.87. The molecule has 18 heavy (non-hydrogen) atoms. The van der Waals surface area contributed by atoms with Gasteiger partial charge in [0.2, 0.25) is 0 Å². The normalized spacial score (nSPS) is 10.5.